The Labute approximate surface area is 98.2 Å². The van der Waals surface area contributed by atoms with Gasteiger partial charge < -0.3 is 14.6 Å². The van der Waals surface area contributed by atoms with Crippen LogP contribution in [-0.2, 0) is 4.74 Å². The van der Waals surface area contributed by atoms with Gasteiger partial charge in [0, 0.05) is 0 Å². The van der Waals surface area contributed by atoms with E-state index in [-0.39, 0.29) is 17.9 Å². The number of hydrogen-bond donors (Lipinski definition) is 2. The molecule has 0 aromatic heterocycles. The van der Waals surface area contributed by atoms with E-state index >= 15 is 0 Å². The first-order chi connectivity index (χ1) is 8.08. The molecule has 0 radical (unpaired) electrons. The topological polar surface area (TPSA) is 84.9 Å². The molecular formula is C11H13NO5. The van der Waals surface area contributed by atoms with Gasteiger partial charge in [-0.05, 0) is 25.1 Å². The van der Waals surface area contributed by atoms with Crippen molar-refractivity contribution in [1.82, 2.24) is 0 Å². The van der Waals surface area contributed by atoms with Crippen molar-refractivity contribution in [2.24, 2.45) is 0 Å². The monoisotopic (exact) mass is 239 g/mol. The summed E-state index contributed by atoms with van der Waals surface area (Å²) in [6, 6.07) is 4.13. The molecule has 6 nitrogen and oxygen atoms in total. The Morgan fingerprint density at radius 3 is 2.65 bits per heavy atom. The molecule has 0 saturated heterocycles. The van der Waals surface area contributed by atoms with Crippen LogP contribution >= 0.6 is 0 Å². The number of anilines is 1. The van der Waals surface area contributed by atoms with Gasteiger partial charge in [-0.1, -0.05) is 0 Å². The van der Waals surface area contributed by atoms with E-state index in [1.54, 1.807) is 6.92 Å². The van der Waals surface area contributed by atoms with Gasteiger partial charge in [0.05, 0.1) is 25.0 Å². The van der Waals surface area contributed by atoms with Gasteiger partial charge in [0.25, 0.3) is 0 Å². The van der Waals surface area contributed by atoms with E-state index in [1.165, 1.54) is 25.3 Å². The van der Waals surface area contributed by atoms with Crippen LogP contribution in [0.5, 0.6) is 5.75 Å². The Bertz CT molecular complexity index is 430. The lowest BCUT2D eigenvalue weighted by Crippen LogP contribution is -2.14. The van der Waals surface area contributed by atoms with Crippen LogP contribution in [0.4, 0.5) is 10.5 Å². The number of benzene rings is 1. The summed E-state index contributed by atoms with van der Waals surface area (Å²) in [7, 11) is 1.39. The number of amides is 1. The Kier molecular flexibility index (Phi) is 4.33. The minimum Gasteiger partial charge on any atom is -0.495 e. The summed E-state index contributed by atoms with van der Waals surface area (Å²) in [6.07, 6.45) is -0.617. The number of carboxylic acids is 1. The highest BCUT2D eigenvalue weighted by atomic mass is 16.5. The number of carbonyl (C=O) groups excluding carboxylic acids is 1. The third-order valence-electron chi connectivity index (χ3n) is 1.96. The molecule has 1 amide bonds. The van der Waals surface area contributed by atoms with E-state index in [2.05, 4.69) is 5.32 Å². The third-order valence-corrected chi connectivity index (χ3v) is 1.96. The molecule has 0 fully saturated rings. The molecule has 0 saturated carbocycles. The molecule has 6 heteroatoms. The van der Waals surface area contributed by atoms with Crippen molar-refractivity contribution in [3.8, 4) is 5.75 Å². The van der Waals surface area contributed by atoms with Gasteiger partial charge in [0.2, 0.25) is 0 Å². The number of rotatable bonds is 4. The molecule has 0 bridgehead atoms. The highest BCUT2D eigenvalue weighted by molar-refractivity contribution is 5.91. The zero-order valence-corrected chi connectivity index (χ0v) is 9.52. The van der Waals surface area contributed by atoms with Gasteiger partial charge in [-0.25, -0.2) is 9.59 Å². The van der Waals surface area contributed by atoms with Gasteiger partial charge >= 0.3 is 12.1 Å². The molecule has 0 aliphatic rings. The Morgan fingerprint density at radius 1 is 1.41 bits per heavy atom. The molecule has 0 aliphatic carbocycles. The van der Waals surface area contributed by atoms with E-state index in [1.807, 2.05) is 0 Å². The molecule has 0 unspecified atom stereocenters. The number of nitrogens with one attached hydrogen (secondary N) is 1. The summed E-state index contributed by atoms with van der Waals surface area (Å²) in [4.78, 5) is 21.9. The van der Waals surface area contributed by atoms with Crippen LogP contribution in [0.3, 0.4) is 0 Å². The summed E-state index contributed by atoms with van der Waals surface area (Å²) in [5.74, 6) is -0.802. The normalized spacial score (nSPS) is 9.53. The van der Waals surface area contributed by atoms with Crippen LogP contribution in [0.2, 0.25) is 0 Å². The smallest absolute Gasteiger partial charge is 0.411 e. The van der Waals surface area contributed by atoms with Crippen LogP contribution in [0.15, 0.2) is 18.2 Å². The van der Waals surface area contributed by atoms with Gasteiger partial charge in [-0.3, -0.25) is 5.32 Å². The van der Waals surface area contributed by atoms with Crippen molar-refractivity contribution < 1.29 is 24.2 Å². The number of methoxy groups -OCH3 is 1. The fraction of sp³-hybridized carbons (Fsp3) is 0.273. The lowest BCUT2D eigenvalue weighted by atomic mass is 10.2. The predicted octanol–water partition coefficient (Wildman–Crippen LogP) is 1.96. The maximum absolute atomic E-state index is 11.2. The predicted molar refractivity (Wildman–Crippen MR) is 60.6 cm³/mol. The van der Waals surface area contributed by atoms with E-state index in [4.69, 9.17) is 14.6 Å². The number of ether oxygens (including phenoxy) is 2. The zero-order valence-electron chi connectivity index (χ0n) is 9.52. The van der Waals surface area contributed by atoms with E-state index < -0.39 is 12.1 Å². The number of aromatic carboxylic acids is 1. The van der Waals surface area contributed by atoms with Gasteiger partial charge in [-0.15, -0.1) is 0 Å². The average molecular weight is 239 g/mol. The Morgan fingerprint density at radius 2 is 2.12 bits per heavy atom. The summed E-state index contributed by atoms with van der Waals surface area (Å²) < 4.78 is 9.68. The van der Waals surface area contributed by atoms with Crippen molar-refractivity contribution >= 4 is 17.7 Å². The van der Waals surface area contributed by atoms with Crippen LogP contribution < -0.4 is 10.1 Å². The molecule has 0 spiro atoms. The van der Waals surface area contributed by atoms with Crippen LogP contribution in [0, 0.1) is 0 Å². The quantitative estimate of drug-likeness (QED) is 0.838. The lowest BCUT2D eigenvalue weighted by molar-refractivity contribution is 0.0696. The number of carbonyl (C=O) groups is 2. The third kappa shape index (κ3) is 3.37. The second-order valence-corrected chi connectivity index (χ2v) is 3.07. The molecule has 1 rings (SSSR count). The molecule has 0 aliphatic heterocycles. The second kappa shape index (κ2) is 5.74. The lowest BCUT2D eigenvalue weighted by Gasteiger charge is -2.10. The Balaban J connectivity index is 2.92. The van der Waals surface area contributed by atoms with Crippen molar-refractivity contribution in [2.75, 3.05) is 19.0 Å². The number of carboxylic acid groups (broad SMARTS) is 1. The largest absolute Gasteiger partial charge is 0.495 e. The highest BCUT2D eigenvalue weighted by Crippen LogP contribution is 2.25. The van der Waals surface area contributed by atoms with Crippen molar-refractivity contribution in [1.29, 1.82) is 0 Å². The first-order valence-electron chi connectivity index (χ1n) is 4.93. The molecule has 92 valence electrons. The second-order valence-electron chi connectivity index (χ2n) is 3.07. The van der Waals surface area contributed by atoms with Gasteiger partial charge in [0.15, 0.2) is 0 Å². The standard InChI is InChI=1S/C11H13NO5/c1-3-17-11(15)12-8-5-4-7(10(13)14)6-9(8)16-2/h4-6H,3H2,1-2H3,(H,12,15)(H,13,14). The first kappa shape index (κ1) is 12.8. The molecule has 2 N–H and O–H groups in total. The molecule has 1 aromatic carbocycles. The van der Waals surface area contributed by atoms with Crippen molar-refractivity contribution in [3.63, 3.8) is 0 Å². The minimum absolute atomic E-state index is 0.0799. The minimum atomic E-state index is -1.06. The van der Waals surface area contributed by atoms with E-state index in [0.717, 1.165) is 0 Å². The van der Waals surface area contributed by atoms with Crippen LogP contribution in [-0.4, -0.2) is 30.9 Å². The van der Waals surface area contributed by atoms with Gasteiger partial charge in [0.1, 0.15) is 5.75 Å². The van der Waals surface area contributed by atoms with Gasteiger partial charge in [-0.2, -0.15) is 0 Å². The summed E-state index contributed by atoms with van der Waals surface area (Å²) in [5.41, 5.74) is 0.437. The Hall–Kier alpha value is -2.24. The van der Waals surface area contributed by atoms with Crippen molar-refractivity contribution in [2.45, 2.75) is 6.92 Å². The maximum Gasteiger partial charge on any atom is 0.411 e. The summed E-state index contributed by atoms with van der Waals surface area (Å²) >= 11 is 0. The summed E-state index contributed by atoms with van der Waals surface area (Å²) in [6.45, 7) is 1.94. The molecule has 0 heterocycles. The maximum atomic E-state index is 11.2. The molecule has 0 atom stereocenters. The van der Waals surface area contributed by atoms with Crippen molar-refractivity contribution in [3.05, 3.63) is 23.8 Å². The van der Waals surface area contributed by atoms with E-state index in [9.17, 15) is 9.59 Å². The highest BCUT2D eigenvalue weighted by Gasteiger charge is 2.11. The SMILES string of the molecule is CCOC(=O)Nc1ccc(C(=O)O)cc1OC. The molecular weight excluding hydrogens is 226 g/mol. The fourth-order valence-electron chi connectivity index (χ4n) is 1.20. The van der Waals surface area contributed by atoms with Crippen LogP contribution in [0.25, 0.3) is 0 Å². The fourth-order valence-corrected chi connectivity index (χ4v) is 1.20. The van der Waals surface area contributed by atoms with Crippen LogP contribution in [0.1, 0.15) is 17.3 Å². The first-order valence-corrected chi connectivity index (χ1v) is 4.93. The van der Waals surface area contributed by atoms with E-state index in [0.29, 0.717) is 5.69 Å². The molecule has 1 aromatic rings. The number of hydrogen-bond acceptors (Lipinski definition) is 4. The zero-order chi connectivity index (χ0) is 12.8. The summed E-state index contributed by atoms with van der Waals surface area (Å²) in [5, 5.41) is 11.2. The average Bonchev–Trinajstić information content (AvgIpc) is 2.29. The molecule has 17 heavy (non-hydrogen) atoms.